The SMILES string of the molecule is Cc1c(NC(=O)C2CCCN2C(=O)OC(C)(C)C)cccc1-c1ncc(-c2ccc3nc(C4C#CCCN4C(=O)OC(C)(C)C)[nH]c3c2)o1. The molecule has 256 valence electrons. The first-order valence-corrected chi connectivity index (χ1v) is 16.5. The number of ether oxygens (including phenoxy) is 2. The number of nitrogens with one attached hydrogen (secondary N) is 2. The molecule has 2 aliphatic rings. The molecule has 0 saturated carbocycles. The number of carbonyl (C=O) groups excluding carboxylic acids is 3. The summed E-state index contributed by atoms with van der Waals surface area (Å²) in [5.41, 5.74) is 3.10. The van der Waals surface area contributed by atoms with Crippen molar-refractivity contribution in [1.82, 2.24) is 24.8 Å². The summed E-state index contributed by atoms with van der Waals surface area (Å²) in [4.78, 5) is 54.8. The van der Waals surface area contributed by atoms with Crippen LogP contribution in [0.3, 0.4) is 0 Å². The second-order valence-electron chi connectivity index (χ2n) is 14.3. The molecular formula is C37H42N6O6. The Labute approximate surface area is 285 Å². The highest BCUT2D eigenvalue weighted by molar-refractivity contribution is 5.98. The number of oxazole rings is 1. The molecule has 6 rings (SSSR count). The highest BCUT2D eigenvalue weighted by Gasteiger charge is 2.37. The average Bonchev–Trinajstić information content (AvgIpc) is 3.80. The first-order valence-electron chi connectivity index (χ1n) is 16.5. The van der Waals surface area contributed by atoms with Crippen molar-refractivity contribution in [3.05, 3.63) is 54.0 Å². The molecule has 0 radical (unpaired) electrons. The lowest BCUT2D eigenvalue weighted by Crippen LogP contribution is -2.45. The van der Waals surface area contributed by atoms with E-state index in [1.165, 1.54) is 4.90 Å². The number of benzene rings is 2. The van der Waals surface area contributed by atoms with Crippen LogP contribution in [-0.4, -0.2) is 73.2 Å². The lowest BCUT2D eigenvalue weighted by Gasteiger charge is -2.31. The van der Waals surface area contributed by atoms with E-state index in [0.29, 0.717) is 49.1 Å². The van der Waals surface area contributed by atoms with Gasteiger partial charge in [0.15, 0.2) is 11.8 Å². The smallest absolute Gasteiger partial charge is 0.411 e. The number of amides is 3. The van der Waals surface area contributed by atoms with Crippen LogP contribution in [0.5, 0.6) is 0 Å². The predicted molar refractivity (Wildman–Crippen MR) is 184 cm³/mol. The van der Waals surface area contributed by atoms with Crippen molar-refractivity contribution in [3.8, 4) is 34.6 Å². The minimum atomic E-state index is -0.650. The summed E-state index contributed by atoms with van der Waals surface area (Å²) in [5.74, 6) is 7.48. The van der Waals surface area contributed by atoms with Gasteiger partial charge >= 0.3 is 12.2 Å². The Hall–Kier alpha value is -5.31. The van der Waals surface area contributed by atoms with Gasteiger partial charge in [-0.25, -0.2) is 19.6 Å². The topological polar surface area (TPSA) is 143 Å². The number of imidazole rings is 1. The van der Waals surface area contributed by atoms with Crippen molar-refractivity contribution in [2.75, 3.05) is 18.4 Å². The van der Waals surface area contributed by atoms with E-state index in [0.717, 1.165) is 34.1 Å². The molecule has 2 atom stereocenters. The molecule has 0 aliphatic carbocycles. The molecule has 2 aliphatic heterocycles. The van der Waals surface area contributed by atoms with Crippen LogP contribution in [0.1, 0.15) is 78.2 Å². The van der Waals surface area contributed by atoms with Gasteiger partial charge in [-0.2, -0.15) is 0 Å². The van der Waals surface area contributed by atoms with E-state index in [2.05, 4.69) is 27.1 Å². The average molecular weight is 667 g/mol. The molecule has 12 nitrogen and oxygen atoms in total. The fourth-order valence-electron chi connectivity index (χ4n) is 5.93. The number of carbonyl (C=O) groups is 3. The third kappa shape index (κ3) is 7.41. The Balaban J connectivity index is 1.19. The molecule has 2 aromatic heterocycles. The Morgan fingerprint density at radius 3 is 2.47 bits per heavy atom. The van der Waals surface area contributed by atoms with Crippen LogP contribution in [0, 0.1) is 18.8 Å². The van der Waals surface area contributed by atoms with Gasteiger partial charge in [0, 0.05) is 36.3 Å². The van der Waals surface area contributed by atoms with Gasteiger partial charge in [0.25, 0.3) is 0 Å². The van der Waals surface area contributed by atoms with E-state index in [4.69, 9.17) is 18.9 Å². The molecule has 4 heterocycles. The number of fused-ring (bicyclic) bond motifs is 1. The van der Waals surface area contributed by atoms with E-state index in [9.17, 15) is 14.4 Å². The van der Waals surface area contributed by atoms with E-state index < -0.39 is 35.5 Å². The summed E-state index contributed by atoms with van der Waals surface area (Å²) >= 11 is 0. The quantitative estimate of drug-likeness (QED) is 0.213. The maximum atomic E-state index is 13.4. The first kappa shape index (κ1) is 33.6. The molecule has 1 saturated heterocycles. The fraction of sp³-hybridized carbons (Fsp3) is 0.432. The highest BCUT2D eigenvalue weighted by Crippen LogP contribution is 2.33. The van der Waals surface area contributed by atoms with Crippen molar-refractivity contribution in [1.29, 1.82) is 0 Å². The number of anilines is 1. The molecule has 49 heavy (non-hydrogen) atoms. The molecule has 2 unspecified atom stereocenters. The largest absolute Gasteiger partial charge is 0.444 e. The molecule has 12 heteroatoms. The monoisotopic (exact) mass is 666 g/mol. The summed E-state index contributed by atoms with van der Waals surface area (Å²) in [6.07, 6.45) is 2.59. The van der Waals surface area contributed by atoms with Crippen LogP contribution in [0.2, 0.25) is 0 Å². The lowest BCUT2D eigenvalue weighted by atomic mass is 10.1. The van der Waals surface area contributed by atoms with Crippen molar-refractivity contribution in [3.63, 3.8) is 0 Å². The molecule has 2 aromatic carbocycles. The summed E-state index contributed by atoms with van der Waals surface area (Å²) in [6.45, 7) is 13.7. The van der Waals surface area contributed by atoms with E-state index in [1.807, 2.05) is 64.1 Å². The van der Waals surface area contributed by atoms with Crippen molar-refractivity contribution in [2.45, 2.75) is 91.0 Å². The number of likely N-dealkylation sites (tertiary alicyclic amines) is 1. The summed E-state index contributed by atoms with van der Waals surface area (Å²) in [6, 6.07) is 10.1. The van der Waals surface area contributed by atoms with Crippen LogP contribution >= 0.6 is 0 Å². The third-order valence-electron chi connectivity index (χ3n) is 8.21. The van der Waals surface area contributed by atoms with Gasteiger partial charge in [0.1, 0.15) is 23.1 Å². The Morgan fingerprint density at radius 1 is 1.00 bits per heavy atom. The number of H-pyrrole nitrogens is 1. The maximum Gasteiger partial charge on any atom is 0.411 e. The number of aromatic nitrogens is 3. The van der Waals surface area contributed by atoms with Gasteiger partial charge in [-0.15, -0.1) is 0 Å². The minimum absolute atomic E-state index is 0.266. The van der Waals surface area contributed by atoms with Gasteiger partial charge < -0.3 is 24.2 Å². The molecule has 0 bridgehead atoms. The van der Waals surface area contributed by atoms with Crippen molar-refractivity contribution in [2.24, 2.45) is 0 Å². The first-order chi connectivity index (χ1) is 23.2. The molecule has 2 N–H and O–H groups in total. The zero-order valence-corrected chi connectivity index (χ0v) is 29.0. The molecular weight excluding hydrogens is 624 g/mol. The number of rotatable bonds is 5. The van der Waals surface area contributed by atoms with Crippen LogP contribution in [0.25, 0.3) is 33.8 Å². The lowest BCUT2D eigenvalue weighted by molar-refractivity contribution is -0.120. The maximum absolute atomic E-state index is 13.4. The second kappa shape index (κ2) is 13.0. The molecule has 4 aromatic rings. The van der Waals surface area contributed by atoms with Crippen LogP contribution in [-0.2, 0) is 14.3 Å². The van der Waals surface area contributed by atoms with Crippen LogP contribution < -0.4 is 5.32 Å². The number of hydrogen-bond donors (Lipinski definition) is 2. The second-order valence-corrected chi connectivity index (χ2v) is 14.3. The number of nitrogens with zero attached hydrogens (tertiary/aromatic N) is 4. The van der Waals surface area contributed by atoms with Crippen LogP contribution in [0.15, 0.2) is 47.0 Å². The zero-order valence-electron chi connectivity index (χ0n) is 29.0. The highest BCUT2D eigenvalue weighted by atomic mass is 16.6. The van der Waals surface area contributed by atoms with Gasteiger partial charge in [-0.1, -0.05) is 17.9 Å². The predicted octanol–water partition coefficient (Wildman–Crippen LogP) is 7.22. The van der Waals surface area contributed by atoms with Crippen molar-refractivity contribution >= 4 is 34.8 Å². The molecule has 1 fully saturated rings. The summed E-state index contributed by atoms with van der Waals surface area (Å²) in [5, 5.41) is 3.01. The van der Waals surface area contributed by atoms with E-state index >= 15 is 0 Å². The summed E-state index contributed by atoms with van der Waals surface area (Å²) in [7, 11) is 0. The van der Waals surface area contributed by atoms with Crippen molar-refractivity contribution < 1.29 is 28.3 Å². The van der Waals surface area contributed by atoms with E-state index in [1.54, 1.807) is 31.9 Å². The zero-order chi connectivity index (χ0) is 35.1. The minimum Gasteiger partial charge on any atom is -0.444 e. The number of hydrogen-bond acceptors (Lipinski definition) is 8. The third-order valence-corrected chi connectivity index (χ3v) is 8.21. The fourth-order valence-corrected chi connectivity index (χ4v) is 5.93. The number of aromatic amines is 1. The molecule has 3 amide bonds. The van der Waals surface area contributed by atoms with Gasteiger partial charge in [0.2, 0.25) is 11.8 Å². The van der Waals surface area contributed by atoms with Gasteiger partial charge in [-0.3, -0.25) is 14.6 Å². The Kier molecular flexibility index (Phi) is 8.88. The summed E-state index contributed by atoms with van der Waals surface area (Å²) < 4.78 is 17.4. The van der Waals surface area contributed by atoms with Gasteiger partial charge in [-0.05, 0) is 97.2 Å². The van der Waals surface area contributed by atoms with E-state index in [-0.39, 0.29) is 5.91 Å². The molecule has 0 spiro atoms. The Morgan fingerprint density at radius 2 is 1.73 bits per heavy atom. The standard InChI is InChI=1S/C37H42N6O6/c1-22-24(12-10-13-25(22)41-32(44)29-15-11-19-43(29)35(46)49-37(5,6)7)33-38-21-30(47-33)23-16-17-26-27(20-23)40-31(39-26)28-14-8-9-18-42(28)34(45)48-36(2,3)4/h10,12-13,16-17,20-21,28-29H,9,11,15,18-19H2,1-7H3,(H,39,40)(H,41,44). The Bertz CT molecular complexity index is 1970. The van der Waals surface area contributed by atoms with Crippen LogP contribution in [0.4, 0.5) is 15.3 Å². The van der Waals surface area contributed by atoms with Gasteiger partial charge in [0.05, 0.1) is 17.2 Å². The normalized spacial score (nSPS) is 17.9.